The van der Waals surface area contributed by atoms with Crippen molar-refractivity contribution >= 4 is 12.0 Å². The molecule has 4 rings (SSSR count). The van der Waals surface area contributed by atoms with Crippen LogP contribution in [0.15, 0.2) is 61.2 Å². The average molecular weight is 452 g/mol. The zero-order valence-corrected chi connectivity index (χ0v) is 17.7. The molecule has 1 fully saturated rings. The molecule has 0 saturated heterocycles. The Morgan fingerprint density at radius 1 is 1.03 bits per heavy atom. The van der Waals surface area contributed by atoms with Gasteiger partial charge in [0.2, 0.25) is 5.91 Å². The molecule has 1 saturated carbocycles. The third-order valence-electron chi connectivity index (χ3n) is 5.01. The molecule has 0 aliphatic heterocycles. The highest BCUT2D eigenvalue weighted by atomic mass is 19.1. The number of nitrogens with zero attached hydrogens (tertiary/aromatic N) is 2. The molecule has 9 nitrogen and oxygen atoms in total. The maximum atomic E-state index is 14.5. The van der Waals surface area contributed by atoms with Gasteiger partial charge >= 0.3 is 6.09 Å². The Morgan fingerprint density at radius 3 is 2.36 bits per heavy atom. The molecule has 10 heteroatoms. The summed E-state index contributed by atoms with van der Waals surface area (Å²) < 4.78 is 30.2. The van der Waals surface area contributed by atoms with Crippen LogP contribution in [0, 0.1) is 5.82 Å². The molecule has 2 amide bonds. The summed E-state index contributed by atoms with van der Waals surface area (Å²) >= 11 is 0. The van der Waals surface area contributed by atoms with Gasteiger partial charge in [0.25, 0.3) is 0 Å². The van der Waals surface area contributed by atoms with Crippen molar-refractivity contribution in [2.75, 3.05) is 7.11 Å². The van der Waals surface area contributed by atoms with E-state index in [0.717, 1.165) is 0 Å². The predicted octanol–water partition coefficient (Wildman–Crippen LogP) is 3.35. The molecule has 0 atom stereocenters. The van der Waals surface area contributed by atoms with Crippen molar-refractivity contribution in [3.05, 3.63) is 72.6 Å². The molecule has 0 spiro atoms. The van der Waals surface area contributed by atoms with Crippen LogP contribution in [0.2, 0.25) is 0 Å². The molecule has 0 unspecified atom stereocenters. The zero-order valence-electron chi connectivity index (χ0n) is 17.7. The maximum Gasteiger partial charge on any atom is 0.413 e. The first-order chi connectivity index (χ1) is 16.0. The van der Waals surface area contributed by atoms with Gasteiger partial charge in [0.1, 0.15) is 23.4 Å². The Hall–Kier alpha value is -4.21. The van der Waals surface area contributed by atoms with E-state index in [-0.39, 0.29) is 24.0 Å². The first kappa shape index (κ1) is 22.0. The fourth-order valence-corrected chi connectivity index (χ4v) is 3.06. The number of benzene rings is 2. The molecule has 1 aliphatic rings. The average Bonchev–Trinajstić information content (AvgIpc) is 3.60. The van der Waals surface area contributed by atoms with Crippen LogP contribution >= 0.6 is 0 Å². The molecule has 3 aromatic rings. The second-order valence-corrected chi connectivity index (χ2v) is 7.40. The van der Waals surface area contributed by atoms with Crippen LogP contribution in [-0.2, 0) is 11.3 Å². The summed E-state index contributed by atoms with van der Waals surface area (Å²) in [7, 11) is 1.56. The molecule has 0 radical (unpaired) electrons. The van der Waals surface area contributed by atoms with E-state index in [9.17, 15) is 14.0 Å². The minimum atomic E-state index is -1.04. The summed E-state index contributed by atoms with van der Waals surface area (Å²) in [5.41, 5.74) is -0.495. The number of ether oxygens (including phenoxy) is 3. The standard InChI is InChI=1S/C23H21FN4O5/c1-31-16-3-5-17(6-4-16)32-20-7-2-15(10-19(20)24)11-27-21(29)23(8-9-23)28-22(30)33-18-12-25-14-26-13-18/h2-7,10,12-14H,8-9,11H2,1H3,(H,27,29)(H,28,30). The maximum absolute atomic E-state index is 14.5. The number of aromatic nitrogens is 2. The molecular formula is C23H21FN4O5. The Kier molecular flexibility index (Phi) is 6.34. The molecule has 1 heterocycles. The minimum Gasteiger partial charge on any atom is -0.497 e. The van der Waals surface area contributed by atoms with E-state index in [1.54, 1.807) is 37.4 Å². The second-order valence-electron chi connectivity index (χ2n) is 7.40. The highest BCUT2D eigenvalue weighted by molar-refractivity contribution is 5.93. The monoisotopic (exact) mass is 452 g/mol. The van der Waals surface area contributed by atoms with Crippen molar-refractivity contribution in [1.82, 2.24) is 20.6 Å². The number of hydrogen-bond acceptors (Lipinski definition) is 7. The first-order valence-electron chi connectivity index (χ1n) is 10.1. The molecule has 33 heavy (non-hydrogen) atoms. The summed E-state index contributed by atoms with van der Waals surface area (Å²) in [6.07, 6.45) is 4.15. The van der Waals surface area contributed by atoms with E-state index in [1.165, 1.54) is 30.9 Å². The van der Waals surface area contributed by atoms with Gasteiger partial charge in [-0.3, -0.25) is 4.79 Å². The highest BCUT2D eigenvalue weighted by Gasteiger charge is 2.51. The van der Waals surface area contributed by atoms with Crippen LogP contribution in [-0.4, -0.2) is 34.6 Å². The minimum absolute atomic E-state index is 0.0585. The van der Waals surface area contributed by atoms with Crippen molar-refractivity contribution in [3.8, 4) is 23.0 Å². The second kappa shape index (κ2) is 9.51. The first-order valence-corrected chi connectivity index (χ1v) is 10.1. The summed E-state index contributed by atoms with van der Waals surface area (Å²) in [6.45, 7) is 0.0869. The number of rotatable bonds is 8. The number of methoxy groups -OCH3 is 1. The quantitative estimate of drug-likeness (QED) is 0.539. The lowest BCUT2D eigenvalue weighted by molar-refractivity contribution is -0.124. The van der Waals surface area contributed by atoms with Crippen molar-refractivity contribution in [2.45, 2.75) is 24.9 Å². The molecule has 0 bridgehead atoms. The third kappa shape index (κ3) is 5.53. The Bertz CT molecular complexity index is 1140. The van der Waals surface area contributed by atoms with Gasteiger partial charge < -0.3 is 24.8 Å². The van der Waals surface area contributed by atoms with E-state index in [4.69, 9.17) is 14.2 Å². The lowest BCUT2D eigenvalue weighted by Crippen LogP contribution is -2.49. The molecule has 1 aliphatic carbocycles. The number of carbonyl (C=O) groups excluding carboxylic acids is 2. The fraction of sp³-hybridized carbons (Fsp3) is 0.217. The van der Waals surface area contributed by atoms with E-state index >= 15 is 0 Å². The highest BCUT2D eigenvalue weighted by Crippen LogP contribution is 2.36. The number of carbonyl (C=O) groups is 2. The number of amides is 2. The van der Waals surface area contributed by atoms with Gasteiger partial charge in [-0.1, -0.05) is 6.07 Å². The fourth-order valence-electron chi connectivity index (χ4n) is 3.06. The van der Waals surface area contributed by atoms with Gasteiger partial charge in [-0.05, 0) is 54.8 Å². The predicted molar refractivity (Wildman–Crippen MR) is 114 cm³/mol. The van der Waals surface area contributed by atoms with Crippen LogP contribution in [0.3, 0.4) is 0 Å². The van der Waals surface area contributed by atoms with E-state index in [0.29, 0.717) is 29.9 Å². The van der Waals surface area contributed by atoms with Crippen molar-refractivity contribution in [1.29, 1.82) is 0 Å². The smallest absolute Gasteiger partial charge is 0.413 e. The van der Waals surface area contributed by atoms with Gasteiger partial charge in [0, 0.05) is 6.54 Å². The third-order valence-corrected chi connectivity index (χ3v) is 5.01. The molecular weight excluding hydrogens is 431 g/mol. The van der Waals surface area contributed by atoms with Gasteiger partial charge in [-0.25, -0.2) is 19.2 Å². The van der Waals surface area contributed by atoms with E-state index < -0.39 is 17.4 Å². The molecule has 170 valence electrons. The number of halogens is 1. The van der Waals surface area contributed by atoms with Gasteiger partial charge in [0.05, 0.1) is 19.5 Å². The van der Waals surface area contributed by atoms with Gasteiger partial charge in [-0.15, -0.1) is 0 Å². The number of nitrogens with one attached hydrogen (secondary N) is 2. The van der Waals surface area contributed by atoms with E-state index in [2.05, 4.69) is 20.6 Å². The van der Waals surface area contributed by atoms with Crippen molar-refractivity contribution in [3.63, 3.8) is 0 Å². The van der Waals surface area contributed by atoms with Crippen LogP contribution in [0.4, 0.5) is 9.18 Å². The summed E-state index contributed by atoms with van der Waals surface area (Å²) in [5.74, 6) is 0.417. The summed E-state index contributed by atoms with van der Waals surface area (Å²) in [5, 5.41) is 5.30. The van der Waals surface area contributed by atoms with E-state index in [1.807, 2.05) is 0 Å². The molecule has 2 aromatic carbocycles. The van der Waals surface area contributed by atoms with Crippen LogP contribution < -0.4 is 24.8 Å². The van der Waals surface area contributed by atoms with Crippen LogP contribution in [0.1, 0.15) is 18.4 Å². The van der Waals surface area contributed by atoms with Crippen LogP contribution in [0.5, 0.6) is 23.0 Å². The summed E-state index contributed by atoms with van der Waals surface area (Å²) in [6, 6.07) is 11.2. The lowest BCUT2D eigenvalue weighted by atomic mass is 10.2. The Morgan fingerprint density at radius 2 is 1.73 bits per heavy atom. The zero-order chi connectivity index (χ0) is 23.3. The Balaban J connectivity index is 1.30. The van der Waals surface area contributed by atoms with Gasteiger partial charge in [0.15, 0.2) is 17.3 Å². The molecule has 2 N–H and O–H groups in total. The normalized spacial score (nSPS) is 13.5. The van der Waals surface area contributed by atoms with Crippen molar-refractivity contribution in [2.24, 2.45) is 0 Å². The van der Waals surface area contributed by atoms with Crippen molar-refractivity contribution < 1.29 is 28.2 Å². The SMILES string of the molecule is COc1ccc(Oc2ccc(CNC(=O)C3(NC(=O)Oc4cncnc4)CC3)cc2F)cc1. The van der Waals surface area contributed by atoms with Crippen LogP contribution in [0.25, 0.3) is 0 Å². The van der Waals surface area contributed by atoms with Gasteiger partial charge in [-0.2, -0.15) is 0 Å². The largest absolute Gasteiger partial charge is 0.497 e. The lowest BCUT2D eigenvalue weighted by Gasteiger charge is -2.17. The number of hydrogen-bond donors (Lipinski definition) is 2. The molecule has 1 aromatic heterocycles. The Labute approximate surface area is 188 Å². The summed E-state index contributed by atoms with van der Waals surface area (Å²) in [4.78, 5) is 32.2. The topological polar surface area (TPSA) is 112 Å².